The number of carbonyl (C=O) groups is 2. The summed E-state index contributed by atoms with van der Waals surface area (Å²) in [6.07, 6.45) is 1.66. The van der Waals surface area contributed by atoms with Crippen LogP contribution < -0.4 is 15.0 Å². The van der Waals surface area contributed by atoms with E-state index in [1.54, 1.807) is 17.4 Å². The lowest BCUT2D eigenvalue weighted by Gasteiger charge is -2.16. The number of likely N-dealkylation sites (N-methyl/N-ethyl adjacent to an activating group) is 1. The van der Waals surface area contributed by atoms with Crippen molar-refractivity contribution >= 4 is 44.7 Å². The quantitative estimate of drug-likeness (QED) is 0.543. The van der Waals surface area contributed by atoms with Crippen molar-refractivity contribution < 1.29 is 14.3 Å². The number of rotatable bonds is 7. The topological polar surface area (TPSA) is 71.5 Å². The molecule has 1 N–H and O–H groups in total. The van der Waals surface area contributed by atoms with Gasteiger partial charge in [-0.3, -0.25) is 9.59 Å². The highest BCUT2D eigenvalue weighted by molar-refractivity contribution is 8.27. The summed E-state index contributed by atoms with van der Waals surface area (Å²) in [5.74, 6) is 0.742. The van der Waals surface area contributed by atoms with Gasteiger partial charge in [0.15, 0.2) is 5.13 Å². The average Bonchev–Trinajstić information content (AvgIpc) is 3.37. The number of hydrogen-bond donors (Lipinski definition) is 1. The summed E-state index contributed by atoms with van der Waals surface area (Å²) >= 11 is 2.28. The van der Waals surface area contributed by atoms with Crippen molar-refractivity contribution in [1.29, 1.82) is 0 Å². The molecule has 6 nitrogen and oxygen atoms in total. The molecule has 152 valence electrons. The first-order valence-corrected chi connectivity index (χ1v) is 11.0. The maximum absolute atomic E-state index is 11.6. The number of anilines is 1. The monoisotopic (exact) mass is 437 g/mol. The highest BCUT2D eigenvalue weighted by atomic mass is 32.2. The maximum atomic E-state index is 11.6. The molecule has 0 spiro atoms. The predicted octanol–water partition coefficient (Wildman–Crippen LogP) is 4.65. The molecule has 1 amide bonds. The number of thiazole rings is 1. The van der Waals surface area contributed by atoms with Gasteiger partial charge in [0.1, 0.15) is 12.4 Å². The molecule has 0 aliphatic carbocycles. The zero-order valence-corrected chi connectivity index (χ0v) is 17.8. The van der Waals surface area contributed by atoms with Gasteiger partial charge in [-0.05, 0) is 23.8 Å². The number of benzene rings is 2. The van der Waals surface area contributed by atoms with E-state index in [9.17, 15) is 9.59 Å². The van der Waals surface area contributed by atoms with Crippen LogP contribution in [0.25, 0.3) is 17.3 Å². The zero-order valence-electron chi connectivity index (χ0n) is 16.2. The maximum Gasteiger partial charge on any atom is 0.291 e. The summed E-state index contributed by atoms with van der Waals surface area (Å²) in [7, 11) is 2.00. The number of ether oxygens (including phenoxy) is 1. The summed E-state index contributed by atoms with van der Waals surface area (Å²) < 4.78 is 5.83. The Bertz CT molecular complexity index is 1080. The first-order valence-electron chi connectivity index (χ1n) is 9.28. The number of hydrogen-bond acceptors (Lipinski definition) is 7. The van der Waals surface area contributed by atoms with Crippen LogP contribution in [0.3, 0.4) is 0 Å². The minimum atomic E-state index is -0.341. The van der Waals surface area contributed by atoms with E-state index in [2.05, 4.69) is 27.7 Å². The number of nitrogens with zero attached hydrogens (tertiary/aromatic N) is 2. The molecule has 3 aromatic rings. The van der Waals surface area contributed by atoms with Crippen molar-refractivity contribution in [2.24, 2.45) is 0 Å². The summed E-state index contributed by atoms with van der Waals surface area (Å²) in [4.78, 5) is 29.6. The van der Waals surface area contributed by atoms with E-state index in [0.717, 1.165) is 27.7 Å². The van der Waals surface area contributed by atoms with Gasteiger partial charge >= 0.3 is 0 Å². The molecule has 4 rings (SSSR count). The lowest BCUT2D eigenvalue weighted by Crippen LogP contribution is -2.23. The summed E-state index contributed by atoms with van der Waals surface area (Å²) in [5, 5.41) is 4.94. The molecule has 1 fully saturated rings. The first-order chi connectivity index (χ1) is 14.6. The third-order valence-electron chi connectivity index (χ3n) is 4.42. The molecule has 0 radical (unpaired) electrons. The lowest BCUT2D eigenvalue weighted by molar-refractivity contribution is -0.107. The van der Waals surface area contributed by atoms with Crippen LogP contribution >= 0.6 is 23.1 Å². The number of amides is 1. The van der Waals surface area contributed by atoms with E-state index < -0.39 is 0 Å². The molecule has 1 saturated heterocycles. The van der Waals surface area contributed by atoms with Gasteiger partial charge in [0.05, 0.1) is 17.9 Å². The number of thioether (sulfide) groups is 1. The third kappa shape index (κ3) is 4.90. The molecule has 8 heteroatoms. The summed E-state index contributed by atoms with van der Waals surface area (Å²) in [6.45, 7) is 1.22. The van der Waals surface area contributed by atoms with E-state index in [4.69, 9.17) is 9.72 Å². The van der Waals surface area contributed by atoms with Gasteiger partial charge in [-0.2, -0.15) is 0 Å². The normalized spacial score (nSPS) is 14.8. The van der Waals surface area contributed by atoms with Crippen LogP contribution in [-0.4, -0.2) is 35.5 Å². The fourth-order valence-corrected chi connectivity index (χ4v) is 4.20. The Morgan fingerprint density at radius 3 is 2.57 bits per heavy atom. The molecular formula is C22H19N3O3S2. The molecule has 1 aliphatic heterocycles. The largest absolute Gasteiger partial charge is 0.492 e. The van der Waals surface area contributed by atoms with Gasteiger partial charge in [0, 0.05) is 29.8 Å². The van der Waals surface area contributed by atoms with E-state index in [1.807, 2.05) is 49.5 Å². The Kier molecular flexibility index (Phi) is 6.15. The van der Waals surface area contributed by atoms with Crippen molar-refractivity contribution in [1.82, 2.24) is 10.3 Å². The molecule has 0 bridgehead atoms. The van der Waals surface area contributed by atoms with Gasteiger partial charge in [0.2, 0.25) is 5.12 Å². The third-order valence-corrected chi connectivity index (χ3v) is 6.06. The first kappa shape index (κ1) is 20.2. The van der Waals surface area contributed by atoms with Gasteiger partial charge in [-0.1, -0.05) is 42.5 Å². The molecule has 2 aromatic carbocycles. The molecule has 0 unspecified atom stereocenters. The molecule has 1 aliphatic rings. The smallest absolute Gasteiger partial charge is 0.291 e. The zero-order chi connectivity index (χ0) is 20.9. The Morgan fingerprint density at radius 2 is 1.87 bits per heavy atom. The van der Waals surface area contributed by atoms with Crippen LogP contribution in [-0.2, 0) is 4.79 Å². The highest BCUT2D eigenvalue weighted by Crippen LogP contribution is 2.26. The van der Waals surface area contributed by atoms with Crippen LogP contribution in [0.1, 0.15) is 5.56 Å². The van der Waals surface area contributed by atoms with Crippen LogP contribution in [0.4, 0.5) is 9.93 Å². The number of aromatic nitrogens is 1. The fourth-order valence-electron chi connectivity index (χ4n) is 2.82. The standard InChI is InChI=1S/C22H19N3O3S2/c1-25(21-23-19(14-29-21)16-5-3-2-4-6-16)11-12-28-17-9-7-15(8-10-17)13-18-20(26)30-22(27)24-18/h2-10,13-14H,11-12H2,1H3,(H,24,27). The van der Waals surface area contributed by atoms with Gasteiger partial charge < -0.3 is 15.0 Å². The second-order valence-electron chi connectivity index (χ2n) is 6.58. The van der Waals surface area contributed by atoms with Crippen molar-refractivity contribution in [3.05, 3.63) is 71.2 Å². The predicted molar refractivity (Wildman–Crippen MR) is 122 cm³/mol. The molecule has 30 heavy (non-hydrogen) atoms. The van der Waals surface area contributed by atoms with Crippen LogP contribution in [0.15, 0.2) is 65.7 Å². The van der Waals surface area contributed by atoms with Gasteiger partial charge in [0.25, 0.3) is 5.24 Å². The van der Waals surface area contributed by atoms with E-state index in [1.165, 1.54) is 0 Å². The Balaban J connectivity index is 1.29. The Labute approximate surface area is 182 Å². The second kappa shape index (κ2) is 9.15. The molecule has 0 atom stereocenters. The van der Waals surface area contributed by atoms with E-state index in [0.29, 0.717) is 30.6 Å². The van der Waals surface area contributed by atoms with E-state index >= 15 is 0 Å². The van der Waals surface area contributed by atoms with Crippen molar-refractivity contribution in [2.45, 2.75) is 0 Å². The number of nitrogens with one attached hydrogen (secondary N) is 1. The minimum absolute atomic E-state index is 0.263. The van der Waals surface area contributed by atoms with Crippen LogP contribution in [0, 0.1) is 0 Å². The molecule has 1 aromatic heterocycles. The second-order valence-corrected chi connectivity index (χ2v) is 8.36. The minimum Gasteiger partial charge on any atom is -0.492 e. The average molecular weight is 438 g/mol. The molecule has 0 saturated carbocycles. The Hall–Kier alpha value is -3.10. The van der Waals surface area contributed by atoms with Crippen molar-refractivity contribution in [2.75, 3.05) is 25.1 Å². The number of carbonyl (C=O) groups excluding carboxylic acids is 2. The highest BCUT2D eigenvalue weighted by Gasteiger charge is 2.25. The van der Waals surface area contributed by atoms with E-state index in [-0.39, 0.29) is 10.4 Å². The van der Waals surface area contributed by atoms with Gasteiger partial charge in [-0.15, -0.1) is 11.3 Å². The lowest BCUT2D eigenvalue weighted by atomic mass is 10.2. The van der Waals surface area contributed by atoms with Crippen molar-refractivity contribution in [3.8, 4) is 17.0 Å². The van der Waals surface area contributed by atoms with Crippen LogP contribution in [0.5, 0.6) is 5.75 Å². The summed E-state index contributed by atoms with van der Waals surface area (Å²) in [5.41, 5.74) is 3.21. The SMILES string of the molecule is CN(CCOc1ccc(C=C2NC(=O)SC2=O)cc1)c1nc(-c2ccccc2)cs1. The van der Waals surface area contributed by atoms with Crippen LogP contribution in [0.2, 0.25) is 0 Å². The van der Waals surface area contributed by atoms with Crippen molar-refractivity contribution in [3.63, 3.8) is 0 Å². The fraction of sp³-hybridized carbons (Fsp3) is 0.136. The molecule has 2 heterocycles. The summed E-state index contributed by atoms with van der Waals surface area (Å²) in [6, 6.07) is 17.5. The Morgan fingerprint density at radius 1 is 1.10 bits per heavy atom. The van der Waals surface area contributed by atoms with Gasteiger partial charge in [-0.25, -0.2) is 4.98 Å². The molecular weight excluding hydrogens is 418 g/mol.